The molecule has 9 nitrogen and oxygen atoms in total. The lowest BCUT2D eigenvalue weighted by atomic mass is 9.77. The molecule has 3 N–H and O–H groups in total. The van der Waals surface area contributed by atoms with E-state index in [1.54, 1.807) is 17.7 Å². The number of hydrogen-bond donors (Lipinski definition) is 3. The van der Waals surface area contributed by atoms with Crippen molar-refractivity contribution in [3.8, 4) is 5.75 Å². The van der Waals surface area contributed by atoms with E-state index in [1.807, 2.05) is 61.5 Å². The van der Waals surface area contributed by atoms with Gasteiger partial charge in [-0.05, 0) is 60.9 Å². The Labute approximate surface area is 289 Å². The lowest BCUT2D eigenvalue weighted by Gasteiger charge is -2.37. The summed E-state index contributed by atoms with van der Waals surface area (Å²) in [5.41, 5.74) is 3.12. The van der Waals surface area contributed by atoms with Gasteiger partial charge in [0, 0.05) is 23.0 Å². The van der Waals surface area contributed by atoms with Crippen LogP contribution >= 0.6 is 0 Å². The van der Waals surface area contributed by atoms with Gasteiger partial charge in [0.2, 0.25) is 0 Å². The van der Waals surface area contributed by atoms with Gasteiger partial charge >= 0.3 is 0 Å². The Balaban J connectivity index is 1.08. The molecule has 4 atom stereocenters. The fraction of sp³-hybridized carbons (Fsp3) is 0.195. The van der Waals surface area contributed by atoms with Crippen LogP contribution in [-0.4, -0.2) is 54.1 Å². The molecule has 50 heavy (non-hydrogen) atoms. The van der Waals surface area contributed by atoms with Crippen LogP contribution in [0.1, 0.15) is 35.5 Å². The molecule has 4 heterocycles. The average molecular weight is 664 g/mol. The van der Waals surface area contributed by atoms with Crippen LogP contribution in [0.3, 0.4) is 0 Å². The van der Waals surface area contributed by atoms with Crippen LogP contribution < -0.4 is 10.1 Å². The molecule has 8 rings (SSSR count). The zero-order valence-electron chi connectivity index (χ0n) is 27.7. The maximum Gasteiger partial charge on any atom is 0.164 e. The zero-order chi connectivity index (χ0) is 34.3. The van der Waals surface area contributed by atoms with Crippen molar-refractivity contribution in [2.24, 2.45) is 0 Å². The summed E-state index contributed by atoms with van der Waals surface area (Å²) < 4.78 is 14.2. The summed E-state index contributed by atoms with van der Waals surface area (Å²) in [7, 11) is 0. The number of aromatic nitrogens is 4. The van der Waals surface area contributed by atoms with Crippen LogP contribution in [0.25, 0.3) is 21.9 Å². The second-order valence-electron chi connectivity index (χ2n) is 12.9. The Morgan fingerprint density at radius 2 is 1.46 bits per heavy atom. The number of benzene rings is 4. The predicted octanol–water partition coefficient (Wildman–Crippen LogP) is 6.78. The van der Waals surface area contributed by atoms with Gasteiger partial charge in [-0.1, -0.05) is 91.0 Å². The van der Waals surface area contributed by atoms with E-state index in [-0.39, 0.29) is 6.61 Å². The highest BCUT2D eigenvalue weighted by Gasteiger charge is 2.53. The average Bonchev–Trinajstić information content (AvgIpc) is 3.68. The Hall–Kier alpha value is -5.61. The van der Waals surface area contributed by atoms with Gasteiger partial charge < -0.3 is 29.6 Å². The van der Waals surface area contributed by atoms with Crippen LogP contribution in [0.4, 0.5) is 5.82 Å². The second-order valence-corrected chi connectivity index (χ2v) is 12.9. The fourth-order valence-electron chi connectivity index (χ4n) is 6.99. The Morgan fingerprint density at radius 1 is 0.840 bits per heavy atom. The van der Waals surface area contributed by atoms with E-state index in [0.717, 1.165) is 38.7 Å². The molecule has 1 fully saturated rings. The first-order valence-electron chi connectivity index (χ1n) is 16.7. The molecule has 0 spiro atoms. The third-order valence-corrected chi connectivity index (χ3v) is 9.81. The molecule has 0 bridgehead atoms. The largest absolute Gasteiger partial charge is 0.491 e. The van der Waals surface area contributed by atoms with Crippen molar-refractivity contribution < 1.29 is 19.7 Å². The SMILES string of the molecule is Cc1ncnc2c1ccn2[C@@H]1O[C@H](COc2ccc3ccc(NC(c4ccccc4)(c4ccccc4)c4ccccc4)nc3c2)[C@@](C)(O)[C@H]1O. The summed E-state index contributed by atoms with van der Waals surface area (Å²) >= 11 is 0. The minimum absolute atomic E-state index is 0.0103. The van der Waals surface area contributed by atoms with Crippen LogP contribution in [0.5, 0.6) is 5.75 Å². The predicted molar refractivity (Wildman–Crippen MR) is 193 cm³/mol. The van der Waals surface area contributed by atoms with Crippen LogP contribution in [0.2, 0.25) is 0 Å². The third kappa shape index (κ3) is 5.45. The number of anilines is 1. The maximum atomic E-state index is 11.4. The molecule has 4 aromatic carbocycles. The van der Waals surface area contributed by atoms with Gasteiger partial charge in [-0.15, -0.1) is 0 Å². The van der Waals surface area contributed by atoms with Crippen molar-refractivity contribution in [1.29, 1.82) is 0 Å². The number of ether oxygens (including phenoxy) is 2. The number of aliphatic hydroxyl groups is 2. The monoisotopic (exact) mass is 663 g/mol. The van der Waals surface area contributed by atoms with Crippen LogP contribution in [0, 0.1) is 6.92 Å². The summed E-state index contributed by atoms with van der Waals surface area (Å²) in [6, 6.07) is 42.8. The molecule has 0 amide bonds. The summed E-state index contributed by atoms with van der Waals surface area (Å²) in [6.45, 7) is 3.48. The fourth-order valence-corrected chi connectivity index (χ4v) is 6.99. The molecule has 0 unspecified atom stereocenters. The Morgan fingerprint density at radius 3 is 2.10 bits per heavy atom. The number of aliphatic hydroxyl groups excluding tert-OH is 1. The number of pyridine rings is 1. The number of nitrogens with zero attached hydrogens (tertiary/aromatic N) is 4. The van der Waals surface area contributed by atoms with E-state index in [2.05, 4.69) is 88.1 Å². The smallest absolute Gasteiger partial charge is 0.164 e. The molecular formula is C41H37N5O4. The van der Waals surface area contributed by atoms with Gasteiger partial charge in [0.05, 0.1) is 11.2 Å². The Kier molecular flexibility index (Phi) is 8.03. The molecule has 9 heteroatoms. The third-order valence-electron chi connectivity index (χ3n) is 9.81. The lowest BCUT2D eigenvalue weighted by Crippen LogP contribution is -2.47. The molecule has 1 aliphatic rings. The van der Waals surface area contributed by atoms with Gasteiger partial charge in [-0.2, -0.15) is 0 Å². The van der Waals surface area contributed by atoms with Gasteiger partial charge in [0.15, 0.2) is 6.23 Å². The van der Waals surface area contributed by atoms with E-state index < -0.39 is 29.6 Å². The number of nitrogens with one attached hydrogen (secondary N) is 1. The van der Waals surface area contributed by atoms with E-state index in [9.17, 15) is 10.2 Å². The molecule has 3 aromatic heterocycles. The van der Waals surface area contributed by atoms with E-state index in [1.165, 1.54) is 6.33 Å². The van der Waals surface area contributed by atoms with Crippen molar-refractivity contribution in [2.45, 2.75) is 43.4 Å². The molecule has 0 aliphatic carbocycles. The van der Waals surface area contributed by atoms with Crippen molar-refractivity contribution in [2.75, 3.05) is 11.9 Å². The van der Waals surface area contributed by atoms with Gasteiger partial charge in [0.1, 0.15) is 53.5 Å². The molecular weight excluding hydrogens is 626 g/mol. The molecule has 1 saturated heterocycles. The lowest BCUT2D eigenvalue weighted by molar-refractivity contribution is -0.0765. The highest BCUT2D eigenvalue weighted by atomic mass is 16.6. The minimum atomic E-state index is -1.58. The highest BCUT2D eigenvalue weighted by molar-refractivity contribution is 5.82. The number of fused-ring (bicyclic) bond motifs is 2. The molecule has 1 aliphatic heterocycles. The van der Waals surface area contributed by atoms with Crippen molar-refractivity contribution in [3.63, 3.8) is 0 Å². The topological polar surface area (TPSA) is 115 Å². The minimum Gasteiger partial charge on any atom is -0.491 e. The first-order valence-corrected chi connectivity index (χ1v) is 16.7. The molecule has 0 radical (unpaired) electrons. The van der Waals surface area contributed by atoms with Crippen molar-refractivity contribution in [1.82, 2.24) is 19.5 Å². The summed E-state index contributed by atoms with van der Waals surface area (Å²) in [4.78, 5) is 13.7. The molecule has 7 aromatic rings. The van der Waals surface area contributed by atoms with Gasteiger partial charge in [-0.25, -0.2) is 15.0 Å². The summed E-state index contributed by atoms with van der Waals surface area (Å²) in [6.07, 6.45) is 0.392. The summed E-state index contributed by atoms with van der Waals surface area (Å²) in [5, 5.41) is 28.2. The van der Waals surface area contributed by atoms with Crippen LogP contribution in [0.15, 0.2) is 140 Å². The first-order chi connectivity index (χ1) is 24.3. The normalized spacial score (nSPS) is 20.7. The quantitative estimate of drug-likeness (QED) is 0.145. The van der Waals surface area contributed by atoms with Gasteiger partial charge in [-0.3, -0.25) is 0 Å². The van der Waals surface area contributed by atoms with Crippen molar-refractivity contribution in [3.05, 3.63) is 162 Å². The first kappa shape index (κ1) is 31.6. The number of rotatable bonds is 9. The highest BCUT2D eigenvalue weighted by Crippen LogP contribution is 2.41. The maximum absolute atomic E-state index is 11.4. The zero-order valence-corrected chi connectivity index (χ0v) is 27.7. The van der Waals surface area contributed by atoms with E-state index >= 15 is 0 Å². The summed E-state index contributed by atoms with van der Waals surface area (Å²) in [5.74, 6) is 1.26. The Bertz CT molecular complexity index is 2160. The molecule has 250 valence electrons. The second kappa shape index (κ2) is 12.7. The van der Waals surface area contributed by atoms with Crippen LogP contribution in [-0.2, 0) is 10.3 Å². The number of hydrogen-bond acceptors (Lipinski definition) is 8. The van der Waals surface area contributed by atoms with E-state index in [4.69, 9.17) is 14.5 Å². The van der Waals surface area contributed by atoms with Crippen molar-refractivity contribution >= 4 is 27.8 Å². The standard InChI is InChI=1S/C41H37N5O4/c1-27-33-22-23-46(38(33)43-26-42-27)39-37(47)40(2,48)35(50-39)25-49-32-20-18-28-19-21-36(44-34(28)24-32)45-41(29-12-6-3-7-13-29,30-14-8-4-9-15-30)31-16-10-5-11-17-31/h3-24,26,35,37,39,47-48H,25H2,1-2H3,(H,44,45)/t35-,37+,39-,40-/m1/s1. The van der Waals surface area contributed by atoms with Gasteiger partial charge in [0.25, 0.3) is 0 Å². The van der Waals surface area contributed by atoms with E-state index in [0.29, 0.717) is 17.2 Å². The molecule has 0 saturated carbocycles. The number of aryl methyl sites for hydroxylation is 1.